The van der Waals surface area contributed by atoms with Gasteiger partial charge in [0.25, 0.3) is 5.56 Å². The zero-order valence-electron chi connectivity index (χ0n) is 19.9. The number of nitrogens with zero attached hydrogens (tertiary/aromatic N) is 3. The van der Waals surface area contributed by atoms with Crippen LogP contribution in [0.25, 0.3) is 0 Å². The number of pyridine rings is 1. The first-order valence-electron chi connectivity index (χ1n) is 11.6. The molecular formula is C27H35N5O. The van der Waals surface area contributed by atoms with Crippen molar-refractivity contribution in [3.63, 3.8) is 0 Å². The minimum atomic E-state index is 0.0108. The Morgan fingerprint density at radius 3 is 2.21 bits per heavy atom. The lowest BCUT2D eigenvalue weighted by atomic mass is 10.1. The van der Waals surface area contributed by atoms with E-state index < -0.39 is 0 Å². The van der Waals surface area contributed by atoms with Crippen LogP contribution >= 0.6 is 0 Å². The number of aromatic nitrogens is 1. The Morgan fingerprint density at radius 1 is 0.909 bits per heavy atom. The molecule has 0 aliphatic rings. The van der Waals surface area contributed by atoms with Gasteiger partial charge in [0.1, 0.15) is 0 Å². The molecule has 1 aromatic heterocycles. The molecule has 3 aromatic rings. The van der Waals surface area contributed by atoms with Gasteiger partial charge >= 0.3 is 0 Å². The molecule has 0 bridgehead atoms. The van der Waals surface area contributed by atoms with Gasteiger partial charge in [0, 0.05) is 32.4 Å². The predicted octanol–water partition coefficient (Wildman–Crippen LogP) is 3.64. The molecular weight excluding hydrogens is 410 g/mol. The molecule has 6 heteroatoms. The van der Waals surface area contributed by atoms with Crippen LogP contribution in [0, 0.1) is 0 Å². The minimum absolute atomic E-state index is 0.0108. The first-order chi connectivity index (χ1) is 16.1. The van der Waals surface area contributed by atoms with Gasteiger partial charge in [0.05, 0.1) is 12.6 Å². The van der Waals surface area contributed by atoms with E-state index in [2.05, 4.69) is 89.0 Å². The van der Waals surface area contributed by atoms with E-state index in [-0.39, 0.29) is 11.6 Å². The highest BCUT2D eigenvalue weighted by atomic mass is 16.1. The van der Waals surface area contributed by atoms with Crippen LogP contribution in [0.3, 0.4) is 0 Å². The molecule has 2 N–H and O–H groups in total. The van der Waals surface area contributed by atoms with Crippen LogP contribution in [0.4, 0.5) is 0 Å². The number of guanidine groups is 1. The second kappa shape index (κ2) is 12.6. The summed E-state index contributed by atoms with van der Waals surface area (Å²) in [5.74, 6) is 0.781. The largest absolute Gasteiger partial charge is 0.354 e. The summed E-state index contributed by atoms with van der Waals surface area (Å²) in [6.07, 6.45) is 1.81. The predicted molar refractivity (Wildman–Crippen MR) is 137 cm³/mol. The smallest absolute Gasteiger partial charge is 0.250 e. The summed E-state index contributed by atoms with van der Waals surface area (Å²) in [5.41, 5.74) is 3.57. The van der Waals surface area contributed by atoms with Crippen LogP contribution < -0.4 is 16.2 Å². The van der Waals surface area contributed by atoms with Crippen LogP contribution in [-0.4, -0.2) is 42.1 Å². The van der Waals surface area contributed by atoms with Gasteiger partial charge in [-0.3, -0.25) is 14.7 Å². The molecule has 0 saturated heterocycles. The van der Waals surface area contributed by atoms with Crippen LogP contribution in [-0.2, 0) is 13.1 Å². The number of rotatable bonds is 10. The summed E-state index contributed by atoms with van der Waals surface area (Å²) in [6, 6.07) is 24.4. The third-order valence-corrected chi connectivity index (χ3v) is 5.86. The zero-order chi connectivity index (χ0) is 23.5. The molecule has 174 valence electrons. The van der Waals surface area contributed by atoms with Crippen LogP contribution in [0.1, 0.15) is 36.6 Å². The van der Waals surface area contributed by atoms with Crippen molar-refractivity contribution in [3.05, 3.63) is 106 Å². The molecule has 6 nitrogen and oxygen atoms in total. The normalized spacial score (nSPS) is 12.5. The molecule has 1 heterocycles. The number of likely N-dealkylation sites (N-methyl/N-ethyl adjacent to an activating group) is 1. The average molecular weight is 446 g/mol. The highest BCUT2D eigenvalue weighted by molar-refractivity contribution is 5.79. The Balaban J connectivity index is 1.56. The highest BCUT2D eigenvalue weighted by Crippen LogP contribution is 2.19. The fourth-order valence-corrected chi connectivity index (χ4v) is 3.95. The van der Waals surface area contributed by atoms with E-state index in [9.17, 15) is 4.79 Å². The van der Waals surface area contributed by atoms with Crippen molar-refractivity contribution < 1.29 is 0 Å². The zero-order valence-corrected chi connectivity index (χ0v) is 19.9. The van der Waals surface area contributed by atoms with Gasteiger partial charge in [-0.2, -0.15) is 0 Å². The standard InChI is InChI=1S/C27H35N5O/c1-4-31(5-2)25(24-11-7-6-8-12-24)20-30-27(28-3)29-19-22-14-16-23(17-15-22)21-32-18-10-9-13-26(32)33/h6-18,25H,4-5,19-21H2,1-3H3,(H2,28,29,30). The minimum Gasteiger partial charge on any atom is -0.354 e. The van der Waals surface area contributed by atoms with Gasteiger partial charge in [-0.05, 0) is 35.8 Å². The van der Waals surface area contributed by atoms with Crippen molar-refractivity contribution in [1.29, 1.82) is 0 Å². The average Bonchev–Trinajstić information content (AvgIpc) is 2.86. The molecule has 0 amide bonds. The van der Waals surface area contributed by atoms with E-state index in [4.69, 9.17) is 0 Å². The quantitative estimate of drug-likeness (QED) is 0.369. The van der Waals surface area contributed by atoms with E-state index >= 15 is 0 Å². The maximum atomic E-state index is 11.9. The molecule has 0 spiro atoms. The Morgan fingerprint density at radius 2 is 1.58 bits per heavy atom. The second-order valence-electron chi connectivity index (χ2n) is 7.94. The number of hydrogen-bond donors (Lipinski definition) is 2. The summed E-state index contributed by atoms with van der Waals surface area (Å²) in [7, 11) is 1.80. The molecule has 3 rings (SSSR count). The molecule has 1 atom stereocenters. The van der Waals surface area contributed by atoms with Crippen LogP contribution in [0.5, 0.6) is 0 Å². The SMILES string of the molecule is CCN(CC)C(CNC(=NC)NCc1ccc(Cn2ccccc2=O)cc1)c1ccccc1. The molecule has 0 fully saturated rings. The van der Waals surface area contributed by atoms with Crippen LogP contribution in [0.15, 0.2) is 88.8 Å². The van der Waals surface area contributed by atoms with Crippen molar-refractivity contribution in [1.82, 2.24) is 20.1 Å². The molecule has 33 heavy (non-hydrogen) atoms. The van der Waals surface area contributed by atoms with Crippen molar-refractivity contribution in [3.8, 4) is 0 Å². The van der Waals surface area contributed by atoms with Crippen LogP contribution in [0.2, 0.25) is 0 Å². The van der Waals surface area contributed by atoms with E-state index in [1.54, 1.807) is 23.7 Å². The summed E-state index contributed by atoms with van der Waals surface area (Å²) in [6.45, 7) is 8.40. The highest BCUT2D eigenvalue weighted by Gasteiger charge is 2.18. The first-order valence-corrected chi connectivity index (χ1v) is 11.6. The third-order valence-electron chi connectivity index (χ3n) is 5.86. The summed E-state index contributed by atoms with van der Waals surface area (Å²) in [5, 5.41) is 6.91. The molecule has 0 saturated carbocycles. The van der Waals surface area contributed by atoms with Crippen molar-refractivity contribution in [2.75, 3.05) is 26.7 Å². The fraction of sp³-hybridized carbons (Fsp3) is 0.333. The van der Waals surface area contributed by atoms with Gasteiger partial charge in [0.15, 0.2) is 5.96 Å². The lowest BCUT2D eigenvalue weighted by Gasteiger charge is -2.30. The lowest BCUT2D eigenvalue weighted by Crippen LogP contribution is -2.43. The molecule has 0 aliphatic carbocycles. The van der Waals surface area contributed by atoms with E-state index in [0.717, 1.165) is 36.7 Å². The monoisotopic (exact) mass is 445 g/mol. The van der Waals surface area contributed by atoms with Gasteiger partial charge < -0.3 is 15.2 Å². The van der Waals surface area contributed by atoms with Gasteiger partial charge in [-0.25, -0.2) is 0 Å². The van der Waals surface area contributed by atoms with Gasteiger partial charge in [0.2, 0.25) is 0 Å². The first kappa shape index (κ1) is 24.3. The second-order valence-corrected chi connectivity index (χ2v) is 7.94. The topological polar surface area (TPSA) is 61.7 Å². The van der Waals surface area contributed by atoms with Crippen molar-refractivity contribution in [2.45, 2.75) is 33.0 Å². The third kappa shape index (κ3) is 7.05. The van der Waals surface area contributed by atoms with Gasteiger partial charge in [-0.15, -0.1) is 0 Å². The molecule has 1 unspecified atom stereocenters. The maximum Gasteiger partial charge on any atom is 0.250 e. The van der Waals surface area contributed by atoms with E-state index in [1.165, 1.54) is 5.56 Å². The summed E-state index contributed by atoms with van der Waals surface area (Å²) in [4.78, 5) is 18.8. The molecule has 0 aliphatic heterocycles. The number of aliphatic imine (C=N–C) groups is 1. The van der Waals surface area contributed by atoms with Gasteiger partial charge in [-0.1, -0.05) is 74.5 Å². The molecule has 0 radical (unpaired) electrons. The number of benzene rings is 2. The van der Waals surface area contributed by atoms with E-state index in [1.807, 2.05) is 12.3 Å². The maximum absolute atomic E-state index is 11.9. The molecule has 2 aromatic carbocycles. The Hall–Kier alpha value is -3.38. The number of hydrogen-bond acceptors (Lipinski definition) is 3. The Kier molecular flexibility index (Phi) is 9.27. The van der Waals surface area contributed by atoms with E-state index in [0.29, 0.717) is 13.1 Å². The Bertz CT molecular complexity index is 1060. The summed E-state index contributed by atoms with van der Waals surface area (Å²) < 4.78 is 1.71. The lowest BCUT2D eigenvalue weighted by molar-refractivity contribution is 0.219. The number of nitrogens with one attached hydrogen (secondary N) is 2. The Labute approximate surface area is 197 Å². The van der Waals surface area contributed by atoms with Crippen molar-refractivity contribution in [2.24, 2.45) is 4.99 Å². The fourth-order valence-electron chi connectivity index (χ4n) is 3.95. The summed E-state index contributed by atoms with van der Waals surface area (Å²) >= 11 is 0. The van der Waals surface area contributed by atoms with Crippen molar-refractivity contribution >= 4 is 5.96 Å².